The molecule has 19 heavy (non-hydrogen) atoms. The van der Waals surface area contributed by atoms with E-state index in [-0.39, 0.29) is 17.5 Å². The second kappa shape index (κ2) is 5.76. The van der Waals surface area contributed by atoms with Gasteiger partial charge in [-0.05, 0) is 36.8 Å². The van der Waals surface area contributed by atoms with Crippen molar-refractivity contribution < 1.29 is 8.42 Å². The molecule has 0 unspecified atom stereocenters. The quantitative estimate of drug-likeness (QED) is 0.817. The van der Waals surface area contributed by atoms with Gasteiger partial charge < -0.3 is 10.2 Å². The van der Waals surface area contributed by atoms with Gasteiger partial charge in [0.15, 0.2) is 14.9 Å². The fraction of sp³-hybridized carbons (Fsp3) is 0.417. The molecule has 0 aromatic heterocycles. The van der Waals surface area contributed by atoms with Crippen molar-refractivity contribution in [3.05, 3.63) is 28.7 Å². The van der Waals surface area contributed by atoms with E-state index in [1.807, 2.05) is 36.2 Å². The molecule has 0 radical (unpaired) electrons. The summed E-state index contributed by atoms with van der Waals surface area (Å²) in [6.07, 6.45) is 0.638. The molecule has 0 bridgehead atoms. The summed E-state index contributed by atoms with van der Waals surface area (Å²) in [5.74, 6) is 0.436. The third kappa shape index (κ3) is 3.90. The lowest BCUT2D eigenvalue weighted by Gasteiger charge is -2.26. The molecule has 0 spiro atoms. The Hall–Kier alpha value is -0.660. The van der Waals surface area contributed by atoms with Crippen molar-refractivity contribution in [3.8, 4) is 0 Å². The Balaban J connectivity index is 2.00. The zero-order valence-corrected chi connectivity index (χ0v) is 13.7. The first-order chi connectivity index (χ1) is 8.87. The number of nitrogens with zero attached hydrogens (tertiary/aromatic N) is 1. The Morgan fingerprint density at radius 2 is 2.26 bits per heavy atom. The molecule has 1 N–H and O–H groups in total. The maximum Gasteiger partial charge on any atom is 0.173 e. The van der Waals surface area contributed by atoms with E-state index in [4.69, 9.17) is 12.2 Å². The first-order valence-corrected chi connectivity index (χ1v) is 8.89. The smallest absolute Gasteiger partial charge is 0.173 e. The van der Waals surface area contributed by atoms with Crippen molar-refractivity contribution in [2.24, 2.45) is 0 Å². The van der Waals surface area contributed by atoms with E-state index in [1.165, 1.54) is 0 Å². The average Bonchev–Trinajstić information content (AvgIpc) is 2.68. The Kier molecular flexibility index (Phi) is 4.47. The summed E-state index contributed by atoms with van der Waals surface area (Å²) >= 11 is 8.71. The van der Waals surface area contributed by atoms with E-state index >= 15 is 0 Å². The van der Waals surface area contributed by atoms with Crippen molar-refractivity contribution in [2.75, 3.05) is 23.9 Å². The van der Waals surface area contributed by atoms with Gasteiger partial charge in [-0.3, -0.25) is 0 Å². The molecule has 1 aliphatic rings. The molecule has 1 aromatic rings. The fourth-order valence-electron chi connectivity index (χ4n) is 2.02. The summed E-state index contributed by atoms with van der Waals surface area (Å²) in [6.45, 7) is 0. The van der Waals surface area contributed by atoms with Crippen molar-refractivity contribution in [1.29, 1.82) is 0 Å². The maximum atomic E-state index is 11.5. The topological polar surface area (TPSA) is 49.4 Å². The lowest BCUT2D eigenvalue weighted by molar-refractivity contribution is 0.402. The SMILES string of the molecule is CN(C(=S)Nc1cccc(Br)c1)[C@H]1CCS(=O)(=O)C1. The molecule has 1 fully saturated rings. The van der Waals surface area contributed by atoms with Gasteiger partial charge in [-0.2, -0.15) is 0 Å². The second-order valence-corrected chi connectivity index (χ2v) is 8.14. The van der Waals surface area contributed by atoms with Crippen LogP contribution in [0.1, 0.15) is 6.42 Å². The normalized spacial score (nSPS) is 21.1. The molecular weight excluding hydrogens is 348 g/mol. The molecular formula is C12H15BrN2O2S2. The predicted molar refractivity (Wildman–Crippen MR) is 85.2 cm³/mol. The van der Waals surface area contributed by atoms with Crippen LogP contribution < -0.4 is 5.32 Å². The van der Waals surface area contributed by atoms with Gasteiger partial charge >= 0.3 is 0 Å². The van der Waals surface area contributed by atoms with E-state index in [0.717, 1.165) is 10.2 Å². The summed E-state index contributed by atoms with van der Waals surface area (Å²) in [5.41, 5.74) is 0.882. The number of anilines is 1. The van der Waals surface area contributed by atoms with E-state index in [9.17, 15) is 8.42 Å². The van der Waals surface area contributed by atoms with Gasteiger partial charge in [0.1, 0.15) is 0 Å². The molecule has 7 heteroatoms. The summed E-state index contributed by atoms with van der Waals surface area (Å²) in [6, 6.07) is 7.65. The van der Waals surface area contributed by atoms with E-state index in [0.29, 0.717) is 11.5 Å². The third-order valence-electron chi connectivity index (χ3n) is 3.15. The summed E-state index contributed by atoms with van der Waals surface area (Å²) in [7, 11) is -1.06. The third-order valence-corrected chi connectivity index (χ3v) is 5.79. The second-order valence-electron chi connectivity index (χ2n) is 4.61. The fourth-order valence-corrected chi connectivity index (χ4v) is 4.47. The lowest BCUT2D eigenvalue weighted by Crippen LogP contribution is -2.40. The number of thiocarbonyl (C=S) groups is 1. The first kappa shape index (κ1) is 14.7. The van der Waals surface area contributed by atoms with Crippen LogP contribution in [0.5, 0.6) is 0 Å². The van der Waals surface area contributed by atoms with Gasteiger partial charge in [-0.1, -0.05) is 22.0 Å². The van der Waals surface area contributed by atoms with E-state index in [1.54, 1.807) is 0 Å². The Morgan fingerprint density at radius 1 is 1.53 bits per heavy atom. The minimum absolute atomic E-state index is 0.0304. The molecule has 1 aliphatic heterocycles. The molecule has 1 saturated heterocycles. The molecule has 104 valence electrons. The van der Waals surface area contributed by atoms with E-state index < -0.39 is 9.84 Å². The number of hydrogen-bond acceptors (Lipinski definition) is 3. The standard InChI is InChI=1S/C12H15BrN2O2S2/c1-15(11-5-6-19(16,17)8-11)12(18)14-10-4-2-3-9(13)7-10/h2-4,7,11H,5-6,8H2,1H3,(H,14,18)/t11-/m0/s1. The zero-order chi connectivity index (χ0) is 14.0. The van der Waals surface area contributed by atoms with Gasteiger partial charge in [0.25, 0.3) is 0 Å². The molecule has 0 amide bonds. The number of benzene rings is 1. The molecule has 0 aliphatic carbocycles. The van der Waals surface area contributed by atoms with Crippen LogP contribution in [-0.4, -0.2) is 43.0 Å². The minimum atomic E-state index is -2.89. The number of nitrogens with one attached hydrogen (secondary N) is 1. The van der Waals surface area contributed by atoms with Crippen LogP contribution in [0, 0.1) is 0 Å². The number of halogens is 1. The van der Waals surface area contributed by atoms with Crippen molar-refractivity contribution in [1.82, 2.24) is 4.90 Å². The van der Waals surface area contributed by atoms with Crippen molar-refractivity contribution >= 4 is 48.8 Å². The average molecular weight is 363 g/mol. The van der Waals surface area contributed by atoms with Crippen LogP contribution >= 0.6 is 28.1 Å². The van der Waals surface area contributed by atoms with Crippen LogP contribution in [0.4, 0.5) is 5.69 Å². The van der Waals surface area contributed by atoms with Crippen LogP contribution in [0.3, 0.4) is 0 Å². The van der Waals surface area contributed by atoms with Gasteiger partial charge in [0, 0.05) is 23.2 Å². The monoisotopic (exact) mass is 362 g/mol. The van der Waals surface area contributed by atoms with Crippen molar-refractivity contribution in [2.45, 2.75) is 12.5 Å². The number of rotatable bonds is 2. The maximum absolute atomic E-state index is 11.5. The first-order valence-electron chi connectivity index (χ1n) is 5.87. The largest absolute Gasteiger partial charge is 0.348 e. The Bertz CT molecular complexity index is 589. The van der Waals surface area contributed by atoms with Crippen LogP contribution in [0.15, 0.2) is 28.7 Å². The zero-order valence-electron chi connectivity index (χ0n) is 10.5. The highest BCUT2D eigenvalue weighted by molar-refractivity contribution is 9.10. The molecule has 1 atom stereocenters. The lowest BCUT2D eigenvalue weighted by atomic mass is 10.2. The molecule has 0 saturated carbocycles. The predicted octanol–water partition coefficient (Wildman–Crippen LogP) is 2.26. The van der Waals surface area contributed by atoms with Crippen molar-refractivity contribution in [3.63, 3.8) is 0 Å². The molecule has 1 heterocycles. The number of sulfone groups is 1. The molecule has 2 rings (SSSR count). The van der Waals surface area contributed by atoms with Crippen LogP contribution in [0.2, 0.25) is 0 Å². The summed E-state index contributed by atoms with van der Waals surface area (Å²) < 4.78 is 23.9. The Morgan fingerprint density at radius 3 is 2.84 bits per heavy atom. The summed E-state index contributed by atoms with van der Waals surface area (Å²) in [4.78, 5) is 1.83. The van der Waals surface area contributed by atoms with Gasteiger partial charge in [0.05, 0.1) is 11.5 Å². The van der Waals surface area contributed by atoms with Gasteiger partial charge in [-0.25, -0.2) is 8.42 Å². The minimum Gasteiger partial charge on any atom is -0.348 e. The highest BCUT2D eigenvalue weighted by Crippen LogP contribution is 2.19. The highest BCUT2D eigenvalue weighted by Gasteiger charge is 2.31. The Labute approximate surface area is 127 Å². The van der Waals surface area contributed by atoms with Gasteiger partial charge in [0.2, 0.25) is 0 Å². The highest BCUT2D eigenvalue weighted by atomic mass is 79.9. The summed E-state index contributed by atoms with van der Waals surface area (Å²) in [5, 5.41) is 3.66. The van der Waals surface area contributed by atoms with Gasteiger partial charge in [-0.15, -0.1) is 0 Å². The molecule has 4 nitrogen and oxygen atoms in total. The van der Waals surface area contributed by atoms with Crippen LogP contribution in [0.25, 0.3) is 0 Å². The van der Waals surface area contributed by atoms with E-state index in [2.05, 4.69) is 21.2 Å². The van der Waals surface area contributed by atoms with Crippen LogP contribution in [-0.2, 0) is 9.84 Å². The number of hydrogen-bond donors (Lipinski definition) is 1. The molecule has 1 aromatic carbocycles.